The molecule has 20 heavy (non-hydrogen) atoms. The van der Waals surface area contributed by atoms with E-state index in [1.165, 1.54) is 6.07 Å². The number of Topliss-reactive ketones (excluding diaryl/α,β-unsaturated/α-hetero) is 1. The van der Waals surface area contributed by atoms with Gasteiger partial charge in [-0.2, -0.15) is 0 Å². The molecular formula is C16H15BrFNO. The highest BCUT2D eigenvalue weighted by Crippen LogP contribution is 2.16. The fourth-order valence-corrected chi connectivity index (χ4v) is 2.30. The van der Waals surface area contributed by atoms with Crippen molar-refractivity contribution in [3.05, 3.63) is 69.9 Å². The minimum atomic E-state index is -0.611. The van der Waals surface area contributed by atoms with Crippen molar-refractivity contribution in [1.82, 2.24) is 0 Å². The van der Waals surface area contributed by atoms with E-state index in [0.29, 0.717) is 16.5 Å². The predicted molar refractivity (Wildman–Crippen MR) is 80.9 cm³/mol. The van der Waals surface area contributed by atoms with Gasteiger partial charge in [0.2, 0.25) is 0 Å². The lowest BCUT2D eigenvalue weighted by Gasteiger charge is -2.11. The summed E-state index contributed by atoms with van der Waals surface area (Å²) in [7, 11) is 0. The average Bonchev–Trinajstić information content (AvgIpc) is 2.43. The van der Waals surface area contributed by atoms with Crippen molar-refractivity contribution >= 4 is 21.7 Å². The Hall–Kier alpha value is -1.52. The van der Waals surface area contributed by atoms with Gasteiger partial charge in [0.1, 0.15) is 5.82 Å². The van der Waals surface area contributed by atoms with E-state index in [9.17, 15) is 9.18 Å². The molecule has 0 fully saturated rings. The third kappa shape index (κ3) is 3.99. The number of benzene rings is 2. The van der Waals surface area contributed by atoms with Crippen molar-refractivity contribution < 1.29 is 9.18 Å². The molecule has 0 amide bonds. The number of hydrogen-bond donors (Lipinski definition) is 1. The van der Waals surface area contributed by atoms with Gasteiger partial charge >= 0.3 is 0 Å². The summed E-state index contributed by atoms with van der Waals surface area (Å²) in [4.78, 5) is 12.1. The predicted octanol–water partition coefficient (Wildman–Crippen LogP) is 3.27. The van der Waals surface area contributed by atoms with Crippen LogP contribution in [0.15, 0.2) is 53.0 Å². The summed E-state index contributed by atoms with van der Waals surface area (Å²) in [5, 5.41) is 0. The zero-order valence-corrected chi connectivity index (χ0v) is 12.4. The number of hydrogen-bond acceptors (Lipinski definition) is 2. The second-order valence-corrected chi connectivity index (χ2v) is 5.59. The van der Waals surface area contributed by atoms with Crippen molar-refractivity contribution in [2.75, 3.05) is 0 Å². The highest BCUT2D eigenvalue weighted by molar-refractivity contribution is 9.10. The summed E-state index contributed by atoms with van der Waals surface area (Å²) < 4.78 is 14.3. The first-order valence-electron chi connectivity index (χ1n) is 6.32. The van der Waals surface area contributed by atoms with E-state index in [4.69, 9.17) is 5.73 Å². The summed E-state index contributed by atoms with van der Waals surface area (Å²) in [6.45, 7) is 0. The van der Waals surface area contributed by atoms with Gasteiger partial charge in [-0.05, 0) is 29.7 Å². The summed E-state index contributed by atoms with van der Waals surface area (Å²) in [6.07, 6.45) is 0.491. The van der Waals surface area contributed by atoms with Crippen LogP contribution in [0, 0.1) is 5.82 Å². The van der Waals surface area contributed by atoms with E-state index in [2.05, 4.69) is 15.9 Å². The molecule has 0 saturated heterocycles. The van der Waals surface area contributed by atoms with Crippen LogP contribution in [-0.4, -0.2) is 11.8 Å². The Labute approximate surface area is 125 Å². The van der Waals surface area contributed by atoms with Crippen LogP contribution in [0.4, 0.5) is 4.39 Å². The molecule has 0 spiro atoms. The molecule has 4 heteroatoms. The molecule has 0 aliphatic carbocycles. The number of halogens is 2. The van der Waals surface area contributed by atoms with E-state index < -0.39 is 6.04 Å². The SMILES string of the molecule is NC(Cc1ccccc1)C(=O)Cc1ccc(Br)cc1F. The van der Waals surface area contributed by atoms with E-state index >= 15 is 0 Å². The van der Waals surface area contributed by atoms with Gasteiger partial charge < -0.3 is 5.73 Å². The molecule has 1 unspecified atom stereocenters. The topological polar surface area (TPSA) is 43.1 Å². The van der Waals surface area contributed by atoms with Crippen LogP contribution in [0.5, 0.6) is 0 Å². The van der Waals surface area contributed by atoms with E-state index in [0.717, 1.165) is 5.56 Å². The molecule has 0 bridgehead atoms. The smallest absolute Gasteiger partial charge is 0.154 e. The molecule has 0 aromatic heterocycles. The fourth-order valence-electron chi connectivity index (χ4n) is 1.97. The Morgan fingerprint density at radius 2 is 1.90 bits per heavy atom. The van der Waals surface area contributed by atoms with Gasteiger partial charge in [0.15, 0.2) is 5.78 Å². The minimum absolute atomic E-state index is 0.0209. The fraction of sp³-hybridized carbons (Fsp3) is 0.188. The molecule has 2 rings (SSSR count). The van der Waals surface area contributed by atoms with Crippen LogP contribution in [0.2, 0.25) is 0 Å². The minimum Gasteiger partial charge on any atom is -0.321 e. The molecular weight excluding hydrogens is 321 g/mol. The molecule has 2 aromatic rings. The van der Waals surface area contributed by atoms with Crippen molar-refractivity contribution in [1.29, 1.82) is 0 Å². The Morgan fingerprint density at radius 3 is 2.55 bits per heavy atom. The van der Waals surface area contributed by atoms with Crippen molar-refractivity contribution in [3.8, 4) is 0 Å². The third-order valence-corrected chi connectivity index (χ3v) is 3.59. The zero-order valence-electron chi connectivity index (χ0n) is 10.9. The summed E-state index contributed by atoms with van der Waals surface area (Å²) in [6, 6.07) is 13.6. The number of nitrogens with two attached hydrogens (primary N) is 1. The summed E-state index contributed by atoms with van der Waals surface area (Å²) >= 11 is 3.19. The maximum atomic E-state index is 13.7. The van der Waals surface area contributed by atoms with Gasteiger partial charge in [-0.15, -0.1) is 0 Å². The zero-order chi connectivity index (χ0) is 14.5. The first-order chi connectivity index (χ1) is 9.56. The molecule has 104 valence electrons. The first kappa shape index (κ1) is 14.9. The Kier molecular flexibility index (Phi) is 5.04. The lowest BCUT2D eigenvalue weighted by atomic mass is 9.98. The van der Waals surface area contributed by atoms with Gasteiger partial charge in [-0.1, -0.05) is 52.3 Å². The molecule has 0 radical (unpaired) electrons. The van der Waals surface area contributed by atoms with Crippen LogP contribution < -0.4 is 5.73 Å². The van der Waals surface area contributed by atoms with E-state index in [1.54, 1.807) is 12.1 Å². The van der Waals surface area contributed by atoms with Crippen LogP contribution in [0.1, 0.15) is 11.1 Å². The molecule has 0 aliphatic rings. The van der Waals surface area contributed by atoms with Gasteiger partial charge in [0, 0.05) is 10.9 Å². The van der Waals surface area contributed by atoms with E-state index in [1.807, 2.05) is 30.3 Å². The average molecular weight is 336 g/mol. The van der Waals surface area contributed by atoms with Crippen LogP contribution in [0.3, 0.4) is 0 Å². The van der Waals surface area contributed by atoms with Crippen LogP contribution in [0.25, 0.3) is 0 Å². The maximum Gasteiger partial charge on any atom is 0.154 e. The normalized spacial score (nSPS) is 12.2. The molecule has 2 nitrogen and oxygen atoms in total. The Bertz CT molecular complexity index is 601. The highest BCUT2D eigenvalue weighted by Gasteiger charge is 2.16. The number of rotatable bonds is 5. The van der Waals surface area contributed by atoms with Crippen molar-refractivity contribution in [2.24, 2.45) is 5.73 Å². The molecule has 0 aliphatic heterocycles. The van der Waals surface area contributed by atoms with Crippen LogP contribution in [-0.2, 0) is 17.6 Å². The number of ketones is 1. The third-order valence-electron chi connectivity index (χ3n) is 3.09. The van der Waals surface area contributed by atoms with Gasteiger partial charge in [-0.3, -0.25) is 4.79 Å². The second-order valence-electron chi connectivity index (χ2n) is 4.68. The lowest BCUT2D eigenvalue weighted by Crippen LogP contribution is -2.34. The number of carbonyl (C=O) groups excluding carboxylic acids is 1. The van der Waals surface area contributed by atoms with Crippen molar-refractivity contribution in [2.45, 2.75) is 18.9 Å². The molecule has 0 saturated carbocycles. The molecule has 0 heterocycles. The molecule has 1 atom stereocenters. The quantitative estimate of drug-likeness (QED) is 0.911. The van der Waals surface area contributed by atoms with E-state index in [-0.39, 0.29) is 18.0 Å². The first-order valence-corrected chi connectivity index (χ1v) is 7.11. The monoisotopic (exact) mass is 335 g/mol. The lowest BCUT2D eigenvalue weighted by molar-refractivity contribution is -0.119. The van der Waals surface area contributed by atoms with Gasteiger partial charge in [0.05, 0.1) is 6.04 Å². The Balaban J connectivity index is 2.01. The van der Waals surface area contributed by atoms with Crippen LogP contribution >= 0.6 is 15.9 Å². The maximum absolute atomic E-state index is 13.7. The molecule has 2 N–H and O–H groups in total. The largest absolute Gasteiger partial charge is 0.321 e. The standard InChI is InChI=1S/C16H15BrFNO/c17-13-7-6-12(14(18)10-13)9-16(20)15(19)8-11-4-2-1-3-5-11/h1-7,10,15H,8-9,19H2. The molecule has 2 aromatic carbocycles. The Morgan fingerprint density at radius 1 is 1.20 bits per heavy atom. The summed E-state index contributed by atoms with van der Waals surface area (Å²) in [5.41, 5.74) is 7.28. The number of carbonyl (C=O) groups is 1. The van der Waals surface area contributed by atoms with Gasteiger partial charge in [-0.25, -0.2) is 4.39 Å². The highest BCUT2D eigenvalue weighted by atomic mass is 79.9. The van der Waals surface area contributed by atoms with Crippen molar-refractivity contribution in [3.63, 3.8) is 0 Å². The van der Waals surface area contributed by atoms with Gasteiger partial charge in [0.25, 0.3) is 0 Å². The second kappa shape index (κ2) is 6.77. The summed E-state index contributed by atoms with van der Waals surface area (Å²) in [5.74, 6) is -0.547.